The van der Waals surface area contributed by atoms with Gasteiger partial charge >= 0.3 is 5.97 Å². The molecule has 0 aliphatic heterocycles. The van der Waals surface area contributed by atoms with Crippen molar-refractivity contribution in [1.82, 2.24) is 5.32 Å². The Labute approximate surface area is 272 Å². The molecule has 7 heteroatoms. The Hall–Kier alpha value is -5.59. The summed E-state index contributed by atoms with van der Waals surface area (Å²) in [7, 11) is 0. The van der Waals surface area contributed by atoms with Gasteiger partial charge in [0.15, 0.2) is 0 Å². The lowest BCUT2D eigenvalue weighted by Gasteiger charge is -2.18. The van der Waals surface area contributed by atoms with Crippen LogP contribution >= 0.6 is 11.6 Å². The Morgan fingerprint density at radius 2 is 1.48 bits per heavy atom. The molecule has 0 fully saturated rings. The molecule has 1 unspecified atom stereocenters. The number of aliphatic carboxylic acids is 1. The largest absolute Gasteiger partial charge is 0.480 e. The Balaban J connectivity index is 1.16. The van der Waals surface area contributed by atoms with Crippen LogP contribution in [0.2, 0.25) is 5.02 Å². The zero-order valence-corrected chi connectivity index (χ0v) is 25.6. The topological polar surface area (TPSA) is 87.7 Å². The minimum Gasteiger partial charge on any atom is -0.480 e. The van der Waals surface area contributed by atoms with Crippen LogP contribution in [0.15, 0.2) is 140 Å². The molecule has 6 nitrogen and oxygen atoms in total. The summed E-state index contributed by atoms with van der Waals surface area (Å²) in [5.74, 6) is -0.216. The van der Waals surface area contributed by atoms with Gasteiger partial charge in [-0.25, -0.2) is 4.79 Å². The number of carboxylic acids is 1. The van der Waals surface area contributed by atoms with Crippen molar-refractivity contribution in [3.63, 3.8) is 0 Å². The van der Waals surface area contributed by atoms with Crippen LogP contribution in [0.1, 0.15) is 21.5 Å². The number of fused-ring (bicyclic) bond motifs is 1. The summed E-state index contributed by atoms with van der Waals surface area (Å²) in [4.78, 5) is 25.8. The molecular weight excluding hydrogens is 596 g/mol. The second-order valence-corrected chi connectivity index (χ2v) is 11.3. The molecule has 6 aromatic carbocycles. The Morgan fingerprint density at radius 3 is 2.28 bits per heavy atom. The summed E-state index contributed by atoms with van der Waals surface area (Å²) < 4.78 is 6.12. The zero-order chi connectivity index (χ0) is 31.9. The van der Waals surface area contributed by atoms with Crippen molar-refractivity contribution in [1.29, 1.82) is 0 Å². The molecule has 0 spiro atoms. The summed E-state index contributed by atoms with van der Waals surface area (Å²) in [6.07, 6.45) is 0.100. The van der Waals surface area contributed by atoms with Crippen molar-refractivity contribution in [2.45, 2.75) is 19.0 Å². The summed E-state index contributed by atoms with van der Waals surface area (Å²) in [5.41, 5.74) is 4.49. The first kappa shape index (κ1) is 30.4. The van der Waals surface area contributed by atoms with E-state index in [4.69, 9.17) is 16.3 Å². The van der Waals surface area contributed by atoms with E-state index in [1.54, 1.807) is 18.2 Å². The maximum absolute atomic E-state index is 13.5. The number of carboxylic acid groups (broad SMARTS) is 1. The summed E-state index contributed by atoms with van der Waals surface area (Å²) in [5, 5.41) is 18.7. The average Bonchev–Trinajstić information content (AvgIpc) is 3.08. The van der Waals surface area contributed by atoms with E-state index >= 15 is 0 Å². The van der Waals surface area contributed by atoms with Gasteiger partial charge in [0.25, 0.3) is 5.91 Å². The fraction of sp³-hybridized carbons (Fsp3) is 0.0769. The molecule has 6 rings (SSSR count). The monoisotopic (exact) mass is 626 g/mol. The van der Waals surface area contributed by atoms with Gasteiger partial charge in [-0.05, 0) is 63.9 Å². The highest BCUT2D eigenvalue weighted by Crippen LogP contribution is 2.33. The SMILES string of the molecule is O=C(NC(Cc1ccc(-c2ccccc2Oc2ccccc2)cc1)C(=O)O)c1cc(Cl)ccc1NCc1cccc2ccccc12. The first-order chi connectivity index (χ1) is 22.4. The molecule has 0 saturated carbocycles. The number of hydrogen-bond acceptors (Lipinski definition) is 4. The smallest absolute Gasteiger partial charge is 0.326 e. The molecular formula is C39H31ClN2O4. The molecule has 0 aliphatic carbocycles. The highest BCUT2D eigenvalue weighted by Gasteiger charge is 2.23. The fourth-order valence-corrected chi connectivity index (χ4v) is 5.57. The normalized spacial score (nSPS) is 11.5. The number of nitrogens with one attached hydrogen (secondary N) is 2. The quantitative estimate of drug-likeness (QED) is 0.134. The standard InChI is InChI=1S/C39H31ClN2O4/c40-30-21-22-35(41-25-29-11-8-10-27-9-4-5-14-32(27)29)34(24-30)38(43)42-36(39(44)45)23-26-17-19-28(20-18-26)33-15-6-7-16-37(33)46-31-12-2-1-3-13-31/h1-22,24,36,41H,23,25H2,(H,42,43)(H,44,45). The number of ether oxygens (including phenoxy) is 1. The number of benzene rings is 6. The third-order valence-corrected chi connectivity index (χ3v) is 7.98. The van der Waals surface area contributed by atoms with Gasteiger partial charge in [-0.1, -0.05) is 115 Å². The minimum atomic E-state index is -1.16. The molecule has 3 N–H and O–H groups in total. The molecule has 0 aliphatic rings. The van der Waals surface area contributed by atoms with Gasteiger partial charge in [0.1, 0.15) is 17.5 Å². The highest BCUT2D eigenvalue weighted by atomic mass is 35.5. The minimum absolute atomic E-state index is 0.100. The Kier molecular flexibility index (Phi) is 9.27. The number of rotatable bonds is 11. The third-order valence-electron chi connectivity index (χ3n) is 7.74. The van der Waals surface area contributed by atoms with Gasteiger partial charge in [0.2, 0.25) is 0 Å². The number of para-hydroxylation sites is 2. The summed E-state index contributed by atoms with van der Waals surface area (Å²) >= 11 is 6.27. The van der Waals surface area contributed by atoms with Crippen LogP contribution in [0, 0.1) is 0 Å². The van der Waals surface area contributed by atoms with E-state index in [0.717, 1.165) is 38.8 Å². The molecule has 0 saturated heterocycles. The molecule has 6 aromatic rings. The van der Waals surface area contributed by atoms with Crippen molar-refractivity contribution in [3.05, 3.63) is 161 Å². The molecule has 1 atom stereocenters. The van der Waals surface area contributed by atoms with Crippen molar-refractivity contribution in [2.75, 3.05) is 5.32 Å². The molecule has 228 valence electrons. The number of hydrogen-bond donors (Lipinski definition) is 3. The van der Waals surface area contributed by atoms with E-state index in [2.05, 4.69) is 28.8 Å². The maximum Gasteiger partial charge on any atom is 0.326 e. The lowest BCUT2D eigenvalue weighted by atomic mass is 9.99. The Bertz CT molecular complexity index is 1990. The molecule has 0 radical (unpaired) electrons. The lowest BCUT2D eigenvalue weighted by molar-refractivity contribution is -0.139. The van der Waals surface area contributed by atoms with Crippen LogP contribution in [0.3, 0.4) is 0 Å². The van der Waals surface area contributed by atoms with E-state index in [1.807, 2.05) is 103 Å². The molecule has 46 heavy (non-hydrogen) atoms. The van der Waals surface area contributed by atoms with Crippen LogP contribution in [-0.4, -0.2) is 23.0 Å². The molecule has 0 aromatic heterocycles. The second kappa shape index (κ2) is 14.0. The fourth-order valence-electron chi connectivity index (χ4n) is 5.40. The number of carbonyl (C=O) groups excluding carboxylic acids is 1. The van der Waals surface area contributed by atoms with Crippen molar-refractivity contribution in [3.8, 4) is 22.6 Å². The first-order valence-corrected chi connectivity index (χ1v) is 15.3. The van der Waals surface area contributed by atoms with E-state index in [0.29, 0.717) is 23.0 Å². The van der Waals surface area contributed by atoms with Crippen LogP contribution in [-0.2, 0) is 17.8 Å². The van der Waals surface area contributed by atoms with Gasteiger partial charge in [-0.2, -0.15) is 0 Å². The zero-order valence-electron chi connectivity index (χ0n) is 24.8. The van der Waals surface area contributed by atoms with E-state index < -0.39 is 17.9 Å². The summed E-state index contributed by atoms with van der Waals surface area (Å²) in [6.45, 7) is 0.470. The lowest BCUT2D eigenvalue weighted by Crippen LogP contribution is -2.42. The van der Waals surface area contributed by atoms with E-state index in [9.17, 15) is 14.7 Å². The Morgan fingerprint density at radius 1 is 0.761 bits per heavy atom. The van der Waals surface area contributed by atoms with Gasteiger partial charge in [0.05, 0.1) is 5.56 Å². The van der Waals surface area contributed by atoms with Gasteiger partial charge in [-0.3, -0.25) is 4.79 Å². The number of halogens is 1. The van der Waals surface area contributed by atoms with Crippen molar-refractivity contribution < 1.29 is 19.4 Å². The van der Waals surface area contributed by atoms with Gasteiger partial charge in [-0.15, -0.1) is 0 Å². The van der Waals surface area contributed by atoms with E-state index in [1.165, 1.54) is 0 Å². The van der Waals surface area contributed by atoms with E-state index in [-0.39, 0.29) is 12.0 Å². The van der Waals surface area contributed by atoms with Gasteiger partial charge in [0, 0.05) is 29.2 Å². The predicted octanol–water partition coefficient (Wildman–Crippen LogP) is 8.99. The maximum atomic E-state index is 13.5. The van der Waals surface area contributed by atoms with Crippen LogP contribution in [0.5, 0.6) is 11.5 Å². The van der Waals surface area contributed by atoms with Crippen LogP contribution < -0.4 is 15.4 Å². The highest BCUT2D eigenvalue weighted by molar-refractivity contribution is 6.31. The number of anilines is 1. The van der Waals surface area contributed by atoms with Crippen molar-refractivity contribution in [2.24, 2.45) is 0 Å². The van der Waals surface area contributed by atoms with Gasteiger partial charge < -0.3 is 20.5 Å². The second-order valence-electron chi connectivity index (χ2n) is 10.9. The van der Waals surface area contributed by atoms with Crippen LogP contribution in [0.25, 0.3) is 21.9 Å². The average molecular weight is 627 g/mol. The number of amides is 1. The third kappa shape index (κ3) is 7.20. The molecule has 0 heterocycles. The first-order valence-electron chi connectivity index (χ1n) is 14.9. The van der Waals surface area contributed by atoms with Crippen molar-refractivity contribution >= 4 is 39.9 Å². The van der Waals surface area contributed by atoms with Crippen LogP contribution in [0.4, 0.5) is 5.69 Å². The number of carbonyl (C=O) groups is 2. The summed E-state index contributed by atoms with van der Waals surface area (Å²) in [6, 6.07) is 42.9. The predicted molar refractivity (Wildman–Crippen MR) is 184 cm³/mol. The molecule has 1 amide bonds. The molecule has 0 bridgehead atoms.